The molecule has 0 aliphatic heterocycles. The van der Waals surface area contributed by atoms with Crippen LogP contribution in [-0.2, 0) is 9.47 Å². The van der Waals surface area contributed by atoms with Crippen LogP contribution in [0, 0.1) is 0 Å². The van der Waals surface area contributed by atoms with Crippen molar-refractivity contribution in [1.29, 1.82) is 0 Å². The Morgan fingerprint density at radius 2 is 1.84 bits per heavy atom. The van der Waals surface area contributed by atoms with Gasteiger partial charge in [-0.2, -0.15) is 0 Å². The number of nitrogens with one attached hydrogen (secondary N) is 1. The Bertz CT molecular complexity index is 331. The van der Waals surface area contributed by atoms with Crippen LogP contribution < -0.4 is 10.2 Å². The second-order valence-corrected chi connectivity index (χ2v) is 3.88. The summed E-state index contributed by atoms with van der Waals surface area (Å²) in [4.78, 5) is 6.63. The number of halogens is 1. The van der Waals surface area contributed by atoms with Crippen LogP contribution in [0.4, 0.5) is 11.5 Å². The second kappa shape index (κ2) is 10.8. The molecule has 0 unspecified atom stereocenters. The van der Waals surface area contributed by atoms with Gasteiger partial charge in [-0.3, -0.25) is 0 Å². The van der Waals surface area contributed by atoms with Crippen LogP contribution in [0.3, 0.4) is 0 Å². The van der Waals surface area contributed by atoms with E-state index >= 15 is 0 Å². The molecule has 110 valence electrons. The van der Waals surface area contributed by atoms with E-state index in [-0.39, 0.29) is 12.4 Å². The number of pyridine rings is 1. The number of rotatable bonds is 9. The Morgan fingerprint density at radius 1 is 1.21 bits per heavy atom. The molecule has 0 saturated carbocycles. The lowest BCUT2D eigenvalue weighted by atomic mass is 10.3. The van der Waals surface area contributed by atoms with Crippen molar-refractivity contribution in [2.45, 2.75) is 6.92 Å². The number of ether oxygens (including phenoxy) is 2. The average molecular weight is 290 g/mol. The van der Waals surface area contributed by atoms with Crippen LogP contribution in [0.5, 0.6) is 0 Å². The fourth-order valence-corrected chi connectivity index (χ4v) is 1.70. The first-order valence-electron chi connectivity index (χ1n) is 6.25. The molecule has 0 radical (unpaired) electrons. The summed E-state index contributed by atoms with van der Waals surface area (Å²) in [6, 6.07) is 3.98. The Morgan fingerprint density at radius 3 is 2.37 bits per heavy atom. The second-order valence-electron chi connectivity index (χ2n) is 3.88. The molecule has 1 aromatic heterocycles. The fraction of sp³-hybridized carbons (Fsp3) is 0.615. The molecule has 6 heteroatoms. The van der Waals surface area contributed by atoms with Gasteiger partial charge in [-0.25, -0.2) is 4.98 Å². The standard InChI is InChI=1S/C13H23N3O2.ClH/c1-4-14-12-6-5-7-15-13(12)16(8-10-17-2)9-11-18-3;/h5-7,14H,4,8-11H2,1-3H3;1H. The summed E-state index contributed by atoms with van der Waals surface area (Å²) in [5.74, 6) is 0.952. The zero-order valence-electron chi connectivity index (χ0n) is 11.9. The average Bonchev–Trinajstić information content (AvgIpc) is 2.40. The van der Waals surface area contributed by atoms with Gasteiger partial charge in [-0.15, -0.1) is 12.4 Å². The minimum Gasteiger partial charge on any atom is -0.383 e. The van der Waals surface area contributed by atoms with Gasteiger partial charge in [-0.05, 0) is 19.1 Å². The zero-order valence-corrected chi connectivity index (χ0v) is 12.7. The molecule has 0 aromatic carbocycles. The molecule has 0 bridgehead atoms. The molecule has 0 aliphatic rings. The molecule has 0 aliphatic carbocycles. The van der Waals surface area contributed by atoms with Gasteiger partial charge in [0.1, 0.15) is 0 Å². The molecule has 5 nitrogen and oxygen atoms in total. The Kier molecular flexibility index (Phi) is 10.2. The maximum atomic E-state index is 5.14. The molecule has 0 fully saturated rings. The van der Waals surface area contributed by atoms with E-state index in [9.17, 15) is 0 Å². The highest BCUT2D eigenvalue weighted by Gasteiger charge is 2.11. The van der Waals surface area contributed by atoms with Crippen molar-refractivity contribution in [1.82, 2.24) is 4.98 Å². The molecule has 0 atom stereocenters. The fourth-order valence-electron chi connectivity index (χ4n) is 1.70. The lowest BCUT2D eigenvalue weighted by molar-refractivity contribution is 0.190. The van der Waals surface area contributed by atoms with Gasteiger partial charge in [-0.1, -0.05) is 0 Å². The van der Waals surface area contributed by atoms with Crippen LogP contribution in [0.1, 0.15) is 6.92 Å². The molecule has 19 heavy (non-hydrogen) atoms. The number of hydrogen-bond acceptors (Lipinski definition) is 5. The highest BCUT2D eigenvalue weighted by Crippen LogP contribution is 2.22. The SMILES string of the molecule is CCNc1cccnc1N(CCOC)CCOC.Cl. The van der Waals surface area contributed by atoms with Crippen molar-refractivity contribution < 1.29 is 9.47 Å². The summed E-state index contributed by atoms with van der Waals surface area (Å²) >= 11 is 0. The van der Waals surface area contributed by atoms with Gasteiger partial charge < -0.3 is 19.7 Å². The highest BCUT2D eigenvalue weighted by atomic mass is 35.5. The normalized spacial score (nSPS) is 9.84. The first-order chi connectivity index (χ1) is 8.83. The van der Waals surface area contributed by atoms with E-state index in [1.807, 2.05) is 18.3 Å². The van der Waals surface area contributed by atoms with Crippen molar-refractivity contribution in [2.24, 2.45) is 0 Å². The molecular weight excluding hydrogens is 266 g/mol. The molecule has 0 spiro atoms. The maximum absolute atomic E-state index is 5.14. The van der Waals surface area contributed by atoms with Crippen LogP contribution >= 0.6 is 12.4 Å². The van der Waals surface area contributed by atoms with E-state index in [2.05, 4.69) is 22.1 Å². The first kappa shape index (κ1) is 18.0. The summed E-state index contributed by atoms with van der Waals surface area (Å²) in [6.07, 6.45) is 1.81. The molecule has 1 N–H and O–H groups in total. The summed E-state index contributed by atoms with van der Waals surface area (Å²) in [5.41, 5.74) is 1.05. The summed E-state index contributed by atoms with van der Waals surface area (Å²) in [6.45, 7) is 5.90. The van der Waals surface area contributed by atoms with E-state index in [1.165, 1.54) is 0 Å². The summed E-state index contributed by atoms with van der Waals surface area (Å²) in [5, 5.41) is 3.32. The van der Waals surface area contributed by atoms with Crippen molar-refractivity contribution in [3.8, 4) is 0 Å². The minimum atomic E-state index is 0. The topological polar surface area (TPSA) is 46.6 Å². The smallest absolute Gasteiger partial charge is 0.152 e. The first-order valence-corrected chi connectivity index (χ1v) is 6.25. The lowest BCUT2D eigenvalue weighted by Gasteiger charge is -2.25. The Labute approximate surface area is 121 Å². The molecule has 0 amide bonds. The minimum absolute atomic E-state index is 0. The molecule has 1 heterocycles. The van der Waals surface area contributed by atoms with Crippen LogP contribution in [-0.4, -0.2) is 52.1 Å². The van der Waals surface area contributed by atoms with E-state index in [1.54, 1.807) is 14.2 Å². The van der Waals surface area contributed by atoms with Gasteiger partial charge in [0.05, 0.1) is 18.9 Å². The predicted molar refractivity (Wildman–Crippen MR) is 81.6 cm³/mol. The number of aromatic nitrogens is 1. The predicted octanol–water partition coefficient (Wildman–Crippen LogP) is 2.03. The lowest BCUT2D eigenvalue weighted by Crippen LogP contribution is -2.32. The third kappa shape index (κ3) is 6.09. The third-order valence-electron chi connectivity index (χ3n) is 2.58. The highest BCUT2D eigenvalue weighted by molar-refractivity contribution is 5.85. The Balaban J connectivity index is 0.00000324. The van der Waals surface area contributed by atoms with E-state index < -0.39 is 0 Å². The van der Waals surface area contributed by atoms with Crippen molar-refractivity contribution in [3.05, 3.63) is 18.3 Å². The summed E-state index contributed by atoms with van der Waals surface area (Å²) in [7, 11) is 3.41. The van der Waals surface area contributed by atoms with Crippen molar-refractivity contribution in [3.63, 3.8) is 0 Å². The number of anilines is 2. The quantitative estimate of drug-likeness (QED) is 0.754. The van der Waals surface area contributed by atoms with Crippen LogP contribution in [0.2, 0.25) is 0 Å². The maximum Gasteiger partial charge on any atom is 0.152 e. The van der Waals surface area contributed by atoms with E-state index in [0.29, 0.717) is 13.2 Å². The molecule has 1 rings (SSSR count). The molecule has 1 aromatic rings. The number of methoxy groups -OCH3 is 2. The zero-order chi connectivity index (χ0) is 13.2. The molecule has 0 saturated heterocycles. The van der Waals surface area contributed by atoms with Crippen LogP contribution in [0.25, 0.3) is 0 Å². The van der Waals surface area contributed by atoms with Gasteiger partial charge in [0.2, 0.25) is 0 Å². The number of hydrogen-bond donors (Lipinski definition) is 1. The van der Waals surface area contributed by atoms with E-state index in [0.717, 1.165) is 31.1 Å². The van der Waals surface area contributed by atoms with Gasteiger partial charge in [0, 0.05) is 40.1 Å². The monoisotopic (exact) mass is 289 g/mol. The van der Waals surface area contributed by atoms with Gasteiger partial charge in [0.25, 0.3) is 0 Å². The van der Waals surface area contributed by atoms with Crippen LogP contribution in [0.15, 0.2) is 18.3 Å². The van der Waals surface area contributed by atoms with Crippen molar-refractivity contribution >= 4 is 23.9 Å². The Hall–Kier alpha value is -1.04. The number of nitrogens with zero attached hydrogens (tertiary/aromatic N) is 2. The van der Waals surface area contributed by atoms with Crippen molar-refractivity contribution in [2.75, 3.05) is 57.3 Å². The largest absolute Gasteiger partial charge is 0.383 e. The van der Waals surface area contributed by atoms with E-state index in [4.69, 9.17) is 9.47 Å². The summed E-state index contributed by atoms with van der Waals surface area (Å²) < 4.78 is 10.3. The molecular formula is C13H24ClN3O2. The van der Waals surface area contributed by atoms with Gasteiger partial charge in [0.15, 0.2) is 5.82 Å². The third-order valence-corrected chi connectivity index (χ3v) is 2.58. The van der Waals surface area contributed by atoms with Gasteiger partial charge >= 0.3 is 0 Å².